The van der Waals surface area contributed by atoms with Gasteiger partial charge < -0.3 is 22.1 Å². The van der Waals surface area contributed by atoms with Crippen LogP contribution in [0.3, 0.4) is 0 Å². The van der Waals surface area contributed by atoms with Crippen LogP contribution in [-0.4, -0.2) is 0 Å². The molecule has 0 bridgehead atoms. The zero-order valence-electron chi connectivity index (χ0n) is 3.09. The highest BCUT2D eigenvalue weighted by molar-refractivity contribution is 5.85. The van der Waals surface area contributed by atoms with Crippen LogP contribution >= 0.6 is 12.4 Å². The first-order valence-electron chi connectivity index (χ1n) is 0.800. The molecule has 0 N–H and O–H groups in total. The lowest BCUT2D eigenvalue weighted by Crippen LogP contribution is -0.711. The van der Waals surface area contributed by atoms with E-state index >= 15 is 0 Å². The minimum Gasteiger partial charge on any atom is -0.373 e. The molecule has 0 saturated heterocycles. The molecule has 40 valence electrons. The third-order valence-corrected chi connectivity index (χ3v) is 0. The van der Waals surface area contributed by atoms with Gasteiger partial charge in [0.1, 0.15) is 0 Å². The summed E-state index contributed by atoms with van der Waals surface area (Å²) in [5.74, 6) is 0. The molecule has 0 amide bonds. The Morgan fingerprint density at radius 2 is 0.714 bits per heavy atom. The molecule has 0 heterocycles. The molecule has 0 aliphatic carbocycles. The van der Waals surface area contributed by atoms with E-state index in [-0.39, 0.29) is 12.4 Å². The standard InChI is InChI=1S/ClH.2N3/c;2*1-3-2/h1H;;/q;2*-1. The Morgan fingerprint density at radius 3 is 0.714 bits per heavy atom. The summed E-state index contributed by atoms with van der Waals surface area (Å²) in [5, 5.41) is 0. The van der Waals surface area contributed by atoms with E-state index in [1.807, 2.05) is 0 Å². The molecular weight excluding hydrogens is 119 g/mol. The van der Waals surface area contributed by atoms with Crippen molar-refractivity contribution in [3.63, 3.8) is 0 Å². The van der Waals surface area contributed by atoms with E-state index in [9.17, 15) is 0 Å². The second kappa shape index (κ2) is 90.6. The predicted octanol–water partition coefficient (Wildman–Crippen LogP) is 2.15. The maximum absolute atomic E-state index is 6.75. The lowest BCUT2D eigenvalue weighted by atomic mass is 13.0. The Kier molecular flexibility index (Phi) is 218. The summed E-state index contributed by atoms with van der Waals surface area (Å²) in [5.41, 5.74) is 27.0. The van der Waals surface area contributed by atoms with Crippen molar-refractivity contribution < 1.29 is 0 Å². The largest absolute Gasteiger partial charge is 0.373 e. The van der Waals surface area contributed by atoms with E-state index in [2.05, 4.69) is 0 Å². The van der Waals surface area contributed by atoms with E-state index in [1.165, 1.54) is 9.82 Å². The first-order valence-corrected chi connectivity index (χ1v) is 0.800. The van der Waals surface area contributed by atoms with Crippen molar-refractivity contribution in [1.82, 2.24) is 0 Å². The highest BCUT2D eigenvalue weighted by Gasteiger charge is 0.691. The third-order valence-electron chi connectivity index (χ3n) is 0. The van der Waals surface area contributed by atoms with Crippen LogP contribution in [0.15, 0.2) is 0 Å². The molecule has 0 aromatic rings. The van der Waals surface area contributed by atoms with Gasteiger partial charge in [0.05, 0.1) is 0 Å². The summed E-state index contributed by atoms with van der Waals surface area (Å²) in [7, 11) is 0. The third kappa shape index (κ3) is 35.0. The molecule has 0 aliphatic rings. The molecule has 0 spiro atoms. The Hall–Kier alpha value is -1.09. The van der Waals surface area contributed by atoms with Gasteiger partial charge in [-0.3, -0.25) is 9.82 Å². The molecule has 0 atom stereocenters. The van der Waals surface area contributed by atoms with E-state index in [0.717, 1.165) is 0 Å². The quantitative estimate of drug-likeness (QED) is 0.264. The number of hydrogen-bond acceptors (Lipinski definition) is 0. The lowest BCUT2D eigenvalue weighted by Gasteiger charge is -1.32. The van der Waals surface area contributed by atoms with Gasteiger partial charge in [0.15, 0.2) is 0 Å². The highest BCUT2D eigenvalue weighted by Crippen LogP contribution is 1.29. The normalized spacial score (nSPS) is 2.29. The Morgan fingerprint density at radius 1 is 0.714 bits per heavy atom. The van der Waals surface area contributed by atoms with E-state index in [1.54, 1.807) is 0 Å². The highest BCUT2D eigenvalue weighted by atomic mass is 35.5. The SMILES string of the molecule is Cl.[N-]=[N+]=[N-].[N-]=[N+]=[N-]. The fourth-order valence-corrected chi connectivity index (χ4v) is 0. The average Bonchev–Trinajstić information content (AvgIpc) is 1.39. The maximum Gasteiger partial charge on any atom is -0.147 e. The van der Waals surface area contributed by atoms with Gasteiger partial charge in [-0.2, -0.15) is 0 Å². The minimum atomic E-state index is 0. The van der Waals surface area contributed by atoms with Gasteiger partial charge in [-0.05, 0) is 0 Å². The maximum atomic E-state index is 6.75. The minimum absolute atomic E-state index is 0. The van der Waals surface area contributed by atoms with Crippen molar-refractivity contribution in [2.45, 2.75) is 0 Å². The number of nitrogens with zero attached hydrogens (tertiary/aromatic N) is 6. The number of hydrogen-bond donors (Lipinski definition) is 0. The zero-order valence-corrected chi connectivity index (χ0v) is 3.91. The van der Waals surface area contributed by atoms with Crippen LogP contribution < -0.4 is 0 Å². The molecule has 0 rings (SSSR count). The molecule has 0 fully saturated rings. The van der Waals surface area contributed by atoms with Crippen LogP contribution in [0.5, 0.6) is 0 Å². The fourth-order valence-electron chi connectivity index (χ4n) is 0. The van der Waals surface area contributed by atoms with Crippen LogP contribution in [0.4, 0.5) is 0 Å². The Bertz CT molecular complexity index is 58.2. The first-order chi connectivity index (χ1) is 2.83. The summed E-state index contributed by atoms with van der Waals surface area (Å²) in [6.45, 7) is 0. The number of halogens is 1. The summed E-state index contributed by atoms with van der Waals surface area (Å²) in [4.78, 5) is 3.00. The predicted molar refractivity (Wildman–Crippen MR) is 27.4 cm³/mol. The van der Waals surface area contributed by atoms with E-state index in [4.69, 9.17) is 22.1 Å². The van der Waals surface area contributed by atoms with Crippen molar-refractivity contribution in [1.29, 1.82) is 0 Å². The molecule has 6 nitrogen and oxygen atoms in total. The molecule has 0 aromatic carbocycles. The molecule has 0 aliphatic heterocycles. The molecule has 0 unspecified atom stereocenters. The van der Waals surface area contributed by atoms with E-state index < -0.39 is 0 Å². The fraction of sp³-hybridized carbons (Fsp3) is 0. The molecule has 7 heteroatoms. The monoisotopic (exact) mass is 120 g/mol. The summed E-state index contributed by atoms with van der Waals surface area (Å²) < 4.78 is 0. The van der Waals surface area contributed by atoms with Gasteiger partial charge in [-0.15, -0.1) is 12.4 Å². The van der Waals surface area contributed by atoms with Gasteiger partial charge in [0, 0.05) is 0 Å². The van der Waals surface area contributed by atoms with Gasteiger partial charge in [0.2, 0.25) is 0 Å². The molecule has 0 radical (unpaired) electrons. The summed E-state index contributed by atoms with van der Waals surface area (Å²) in [6.07, 6.45) is 0. The van der Waals surface area contributed by atoms with Crippen LogP contribution in [0.2, 0.25) is 0 Å². The topological polar surface area (TPSA) is 117 Å². The Labute approximate surface area is 45.4 Å². The summed E-state index contributed by atoms with van der Waals surface area (Å²) >= 11 is 0. The second-order valence-corrected chi connectivity index (χ2v) is 0.179. The van der Waals surface area contributed by atoms with Crippen molar-refractivity contribution in [3.8, 4) is 0 Å². The van der Waals surface area contributed by atoms with Crippen LogP contribution in [0.1, 0.15) is 0 Å². The lowest BCUT2D eigenvalue weighted by molar-refractivity contribution is 2.36. The van der Waals surface area contributed by atoms with E-state index in [0.29, 0.717) is 0 Å². The van der Waals surface area contributed by atoms with Crippen molar-refractivity contribution in [3.05, 3.63) is 31.9 Å². The molecule has 7 heavy (non-hydrogen) atoms. The van der Waals surface area contributed by atoms with Gasteiger partial charge in [-0.1, -0.05) is 0 Å². The van der Waals surface area contributed by atoms with Crippen molar-refractivity contribution in [2.24, 2.45) is 0 Å². The Balaban J connectivity index is -0.0000000400. The molecular formula is HClN6-2. The zero-order chi connectivity index (χ0) is 5.41. The van der Waals surface area contributed by atoms with Crippen molar-refractivity contribution >= 4 is 12.4 Å². The summed E-state index contributed by atoms with van der Waals surface area (Å²) in [6, 6.07) is 0. The van der Waals surface area contributed by atoms with Gasteiger partial charge >= 0.3 is 0 Å². The smallest absolute Gasteiger partial charge is 0.147 e. The van der Waals surface area contributed by atoms with Crippen LogP contribution in [0, 0.1) is 0 Å². The second-order valence-electron chi connectivity index (χ2n) is 0.179. The molecule has 0 saturated carbocycles. The number of rotatable bonds is 0. The van der Waals surface area contributed by atoms with Gasteiger partial charge in [0.25, 0.3) is 0 Å². The van der Waals surface area contributed by atoms with Crippen molar-refractivity contribution in [2.75, 3.05) is 0 Å². The first kappa shape index (κ1) is 16.8. The average molecular weight is 121 g/mol. The van der Waals surface area contributed by atoms with Crippen LogP contribution in [0.25, 0.3) is 31.9 Å². The van der Waals surface area contributed by atoms with Gasteiger partial charge in [-0.25, -0.2) is 0 Å². The molecule has 0 aromatic heterocycles. The van der Waals surface area contributed by atoms with Crippen LogP contribution in [-0.2, 0) is 0 Å².